The van der Waals surface area contributed by atoms with Crippen molar-refractivity contribution in [3.63, 3.8) is 0 Å². The number of amides is 2. The van der Waals surface area contributed by atoms with Crippen LogP contribution in [0.15, 0.2) is 0 Å². The van der Waals surface area contributed by atoms with E-state index in [4.69, 9.17) is 5.84 Å². The van der Waals surface area contributed by atoms with E-state index in [0.717, 1.165) is 0 Å². The van der Waals surface area contributed by atoms with Crippen molar-refractivity contribution in [2.75, 3.05) is 6.54 Å². The molecule has 6 heteroatoms. The second kappa shape index (κ2) is 3.05. The van der Waals surface area contributed by atoms with Gasteiger partial charge in [0.15, 0.2) is 0 Å². The first kappa shape index (κ1) is 9.64. The van der Waals surface area contributed by atoms with Crippen molar-refractivity contribution >= 4 is 6.03 Å². The third-order valence-electron chi connectivity index (χ3n) is 3.22. The highest BCUT2D eigenvalue weighted by Gasteiger charge is 2.71. The molecule has 2 aliphatic carbocycles. The SMILES string of the molecule is NNC(=O)NCC1CC2C(C1)C2(F)F. The highest BCUT2D eigenvalue weighted by molar-refractivity contribution is 5.72. The predicted molar refractivity (Wildman–Crippen MR) is 45.4 cm³/mol. The molecule has 80 valence electrons. The Bertz CT molecular complexity index is 245. The van der Waals surface area contributed by atoms with Crippen molar-refractivity contribution in [1.29, 1.82) is 0 Å². The Hall–Kier alpha value is -0.910. The van der Waals surface area contributed by atoms with Crippen LogP contribution < -0.4 is 16.6 Å². The molecule has 4 nitrogen and oxygen atoms in total. The molecule has 2 atom stereocenters. The molecular weight excluding hydrogens is 192 g/mol. The highest BCUT2D eigenvalue weighted by atomic mass is 19.3. The van der Waals surface area contributed by atoms with Crippen molar-refractivity contribution in [1.82, 2.24) is 10.7 Å². The molecule has 2 fully saturated rings. The van der Waals surface area contributed by atoms with Gasteiger partial charge in [0.05, 0.1) is 0 Å². The fourth-order valence-corrected chi connectivity index (χ4v) is 2.37. The Kier molecular flexibility index (Phi) is 2.10. The van der Waals surface area contributed by atoms with Crippen molar-refractivity contribution in [2.24, 2.45) is 23.6 Å². The molecule has 2 saturated carbocycles. The third-order valence-corrected chi connectivity index (χ3v) is 3.22. The molecule has 14 heavy (non-hydrogen) atoms. The molecule has 0 aromatic carbocycles. The van der Waals surface area contributed by atoms with Crippen LogP contribution in [-0.4, -0.2) is 18.5 Å². The zero-order valence-corrected chi connectivity index (χ0v) is 7.59. The van der Waals surface area contributed by atoms with Crippen LogP contribution in [0.1, 0.15) is 12.8 Å². The first-order valence-corrected chi connectivity index (χ1v) is 4.68. The second-order valence-electron chi connectivity index (χ2n) is 4.08. The number of rotatable bonds is 2. The summed E-state index contributed by atoms with van der Waals surface area (Å²) in [6.07, 6.45) is 1.03. The number of carbonyl (C=O) groups is 1. The molecule has 0 radical (unpaired) electrons. The Labute approximate surface area is 80.2 Å². The number of fused-ring (bicyclic) bond motifs is 1. The van der Waals surface area contributed by atoms with Crippen LogP contribution in [0.25, 0.3) is 0 Å². The largest absolute Gasteiger partial charge is 0.337 e. The van der Waals surface area contributed by atoms with Gasteiger partial charge in [-0.1, -0.05) is 0 Å². The normalized spacial score (nSPS) is 37.5. The molecule has 0 saturated heterocycles. The summed E-state index contributed by atoms with van der Waals surface area (Å²) in [5.74, 6) is 1.74. The summed E-state index contributed by atoms with van der Waals surface area (Å²) in [5, 5.41) is 2.52. The van der Waals surface area contributed by atoms with E-state index in [0.29, 0.717) is 19.4 Å². The molecule has 0 bridgehead atoms. The summed E-state index contributed by atoms with van der Waals surface area (Å²) < 4.78 is 25.5. The van der Waals surface area contributed by atoms with E-state index in [1.54, 1.807) is 0 Å². The molecule has 0 aliphatic heterocycles. The fraction of sp³-hybridized carbons (Fsp3) is 0.875. The number of hydrazine groups is 1. The molecule has 0 spiro atoms. The molecule has 0 heterocycles. The van der Waals surface area contributed by atoms with Crippen LogP contribution in [0.4, 0.5) is 13.6 Å². The summed E-state index contributed by atoms with van der Waals surface area (Å²) in [6.45, 7) is 0.437. The third kappa shape index (κ3) is 1.43. The van der Waals surface area contributed by atoms with Crippen molar-refractivity contribution in [3.8, 4) is 0 Å². The number of hydrogen-bond acceptors (Lipinski definition) is 2. The molecule has 0 aromatic heterocycles. The topological polar surface area (TPSA) is 67.1 Å². The zero-order chi connectivity index (χ0) is 10.3. The maximum atomic E-state index is 12.8. The lowest BCUT2D eigenvalue weighted by atomic mass is 10.0. The van der Waals surface area contributed by atoms with Gasteiger partial charge in [-0.2, -0.15) is 0 Å². The highest BCUT2D eigenvalue weighted by Crippen LogP contribution is 2.65. The quantitative estimate of drug-likeness (QED) is 0.348. The van der Waals surface area contributed by atoms with Gasteiger partial charge in [0.2, 0.25) is 0 Å². The molecule has 2 amide bonds. The van der Waals surface area contributed by atoms with Crippen molar-refractivity contribution in [2.45, 2.75) is 18.8 Å². The molecule has 2 aliphatic rings. The van der Waals surface area contributed by atoms with Crippen LogP contribution in [0.5, 0.6) is 0 Å². The van der Waals surface area contributed by atoms with E-state index < -0.39 is 23.8 Å². The van der Waals surface area contributed by atoms with Crippen LogP contribution in [0, 0.1) is 17.8 Å². The first-order chi connectivity index (χ1) is 6.55. The van der Waals surface area contributed by atoms with Crippen molar-refractivity contribution in [3.05, 3.63) is 0 Å². The Balaban J connectivity index is 1.70. The number of nitrogens with one attached hydrogen (secondary N) is 2. The van der Waals surface area contributed by atoms with Crippen LogP contribution in [-0.2, 0) is 0 Å². The van der Waals surface area contributed by atoms with E-state index in [1.807, 2.05) is 5.43 Å². The average Bonchev–Trinajstić information content (AvgIpc) is 2.57. The maximum Gasteiger partial charge on any atom is 0.328 e. The second-order valence-corrected chi connectivity index (χ2v) is 4.08. The van der Waals surface area contributed by atoms with E-state index in [-0.39, 0.29) is 5.92 Å². The van der Waals surface area contributed by atoms with E-state index in [9.17, 15) is 13.6 Å². The molecular formula is C8H13F2N3O. The Morgan fingerprint density at radius 2 is 2.00 bits per heavy atom. The van der Waals surface area contributed by atoms with Crippen LogP contribution >= 0.6 is 0 Å². The molecule has 0 aromatic rings. The first-order valence-electron chi connectivity index (χ1n) is 4.68. The van der Waals surface area contributed by atoms with Gasteiger partial charge in [0, 0.05) is 18.4 Å². The monoisotopic (exact) mass is 205 g/mol. The number of nitrogens with two attached hydrogens (primary N) is 1. The van der Waals surface area contributed by atoms with Crippen LogP contribution in [0.2, 0.25) is 0 Å². The minimum Gasteiger partial charge on any atom is -0.337 e. The summed E-state index contributed by atoms with van der Waals surface area (Å²) in [4.78, 5) is 10.7. The lowest BCUT2D eigenvalue weighted by Gasteiger charge is -2.14. The minimum atomic E-state index is -2.42. The van der Waals surface area contributed by atoms with Gasteiger partial charge in [-0.05, 0) is 18.8 Å². The lowest BCUT2D eigenvalue weighted by Crippen LogP contribution is -2.41. The van der Waals surface area contributed by atoms with Gasteiger partial charge < -0.3 is 5.32 Å². The zero-order valence-electron chi connectivity index (χ0n) is 7.59. The molecule has 4 N–H and O–H groups in total. The summed E-state index contributed by atoms with van der Waals surface area (Å²) in [6, 6.07) is -0.461. The van der Waals surface area contributed by atoms with Gasteiger partial charge >= 0.3 is 6.03 Å². The van der Waals surface area contributed by atoms with E-state index >= 15 is 0 Å². The predicted octanol–water partition coefficient (Wildman–Crippen LogP) is 0.451. The van der Waals surface area contributed by atoms with Gasteiger partial charge in [-0.3, -0.25) is 5.43 Å². The van der Waals surface area contributed by atoms with Crippen molar-refractivity contribution < 1.29 is 13.6 Å². The Morgan fingerprint density at radius 3 is 2.50 bits per heavy atom. The minimum absolute atomic E-state index is 0.182. The fourth-order valence-electron chi connectivity index (χ4n) is 2.37. The number of halogens is 2. The standard InChI is InChI=1S/C8H13F2N3O/c9-8(10)5-1-4(2-6(5)8)3-12-7(14)13-11/h4-6H,1-3,11H2,(H2,12,13,14). The average molecular weight is 205 g/mol. The maximum absolute atomic E-state index is 12.8. The van der Waals surface area contributed by atoms with E-state index in [1.165, 1.54) is 0 Å². The molecule has 2 rings (SSSR count). The van der Waals surface area contributed by atoms with E-state index in [2.05, 4.69) is 5.32 Å². The van der Waals surface area contributed by atoms with Gasteiger partial charge in [0.1, 0.15) is 0 Å². The lowest BCUT2D eigenvalue weighted by molar-refractivity contribution is 0.0640. The van der Waals surface area contributed by atoms with Gasteiger partial charge in [-0.25, -0.2) is 19.4 Å². The number of urea groups is 1. The van der Waals surface area contributed by atoms with Gasteiger partial charge in [0.25, 0.3) is 5.92 Å². The molecule has 2 unspecified atom stereocenters. The number of carbonyl (C=O) groups excluding carboxylic acids is 1. The van der Waals surface area contributed by atoms with Gasteiger partial charge in [-0.15, -0.1) is 0 Å². The summed E-state index contributed by atoms with van der Waals surface area (Å²) in [5.41, 5.74) is 1.93. The summed E-state index contributed by atoms with van der Waals surface area (Å²) >= 11 is 0. The Morgan fingerprint density at radius 1 is 1.43 bits per heavy atom. The number of hydrogen-bond donors (Lipinski definition) is 3. The summed E-state index contributed by atoms with van der Waals surface area (Å²) in [7, 11) is 0. The van der Waals surface area contributed by atoms with Crippen LogP contribution in [0.3, 0.4) is 0 Å². The number of alkyl halides is 2. The smallest absolute Gasteiger partial charge is 0.328 e.